The molecule has 0 aliphatic heterocycles. The largest absolute Gasteiger partial charge is 0.385 e. The molecule has 1 fully saturated rings. The lowest BCUT2D eigenvalue weighted by atomic mass is 10.3. The van der Waals surface area contributed by atoms with Gasteiger partial charge in [0.2, 0.25) is 5.95 Å². The lowest BCUT2D eigenvalue weighted by molar-refractivity contribution is 0.197. The Kier molecular flexibility index (Phi) is 3.83. The topological polar surface area (TPSA) is 39.1 Å². The molecule has 1 heterocycles. The molecule has 1 aliphatic rings. The zero-order valence-corrected chi connectivity index (χ0v) is 10.1. The highest BCUT2D eigenvalue weighted by atomic mass is 16.5. The van der Waals surface area contributed by atoms with Crippen LogP contribution in [-0.2, 0) is 11.3 Å². The molecule has 1 aromatic heterocycles. The summed E-state index contributed by atoms with van der Waals surface area (Å²) in [6, 6.07) is 0. The molecule has 2 unspecified atom stereocenters. The van der Waals surface area contributed by atoms with Gasteiger partial charge in [-0.3, -0.25) is 0 Å². The predicted octanol–water partition coefficient (Wildman–Crippen LogP) is 1.99. The number of hydrogen-bond donors (Lipinski definition) is 1. The van der Waals surface area contributed by atoms with Gasteiger partial charge in [-0.2, -0.15) is 0 Å². The first kappa shape index (κ1) is 11.5. The second-order valence-corrected chi connectivity index (χ2v) is 4.65. The molecule has 0 amide bonds. The van der Waals surface area contributed by atoms with E-state index in [0.717, 1.165) is 43.9 Å². The Labute approximate surface area is 97.0 Å². The second kappa shape index (κ2) is 5.34. The predicted molar refractivity (Wildman–Crippen MR) is 64.5 cm³/mol. The number of rotatable bonds is 7. The van der Waals surface area contributed by atoms with Gasteiger partial charge in [0.25, 0.3) is 0 Å². The van der Waals surface area contributed by atoms with Gasteiger partial charge in [0, 0.05) is 39.2 Å². The molecular formula is C12H21N3O. The third-order valence-corrected chi connectivity index (χ3v) is 3.23. The van der Waals surface area contributed by atoms with E-state index in [1.165, 1.54) is 6.42 Å². The summed E-state index contributed by atoms with van der Waals surface area (Å²) in [6.45, 7) is 5.14. The van der Waals surface area contributed by atoms with Gasteiger partial charge in [-0.25, -0.2) is 4.98 Å². The van der Waals surface area contributed by atoms with Crippen LogP contribution >= 0.6 is 0 Å². The van der Waals surface area contributed by atoms with Crippen molar-refractivity contribution in [3.63, 3.8) is 0 Å². The van der Waals surface area contributed by atoms with Crippen LogP contribution in [0.3, 0.4) is 0 Å². The Morgan fingerprint density at radius 1 is 1.62 bits per heavy atom. The minimum absolute atomic E-state index is 0.799. The molecule has 2 rings (SSSR count). The SMILES string of the molecule is COCCCNc1nccn1CC1CC1C. The van der Waals surface area contributed by atoms with Gasteiger partial charge in [0.1, 0.15) is 0 Å². The molecule has 90 valence electrons. The number of hydrogen-bond acceptors (Lipinski definition) is 3. The van der Waals surface area contributed by atoms with Crippen molar-refractivity contribution in [1.82, 2.24) is 9.55 Å². The van der Waals surface area contributed by atoms with Crippen molar-refractivity contribution in [2.24, 2.45) is 11.8 Å². The summed E-state index contributed by atoms with van der Waals surface area (Å²) in [7, 11) is 1.73. The van der Waals surface area contributed by atoms with Crippen LogP contribution in [0.4, 0.5) is 5.95 Å². The number of aromatic nitrogens is 2. The van der Waals surface area contributed by atoms with E-state index in [9.17, 15) is 0 Å². The molecule has 1 aliphatic carbocycles. The Balaban J connectivity index is 1.77. The van der Waals surface area contributed by atoms with E-state index in [1.54, 1.807) is 7.11 Å². The summed E-state index contributed by atoms with van der Waals surface area (Å²) >= 11 is 0. The van der Waals surface area contributed by atoms with E-state index in [2.05, 4.69) is 28.0 Å². The van der Waals surface area contributed by atoms with Gasteiger partial charge in [0.05, 0.1) is 0 Å². The highest BCUT2D eigenvalue weighted by Crippen LogP contribution is 2.39. The van der Waals surface area contributed by atoms with Crippen molar-refractivity contribution in [2.75, 3.05) is 25.6 Å². The fourth-order valence-electron chi connectivity index (χ4n) is 1.95. The molecule has 16 heavy (non-hydrogen) atoms. The van der Waals surface area contributed by atoms with Crippen LogP contribution in [0.1, 0.15) is 19.8 Å². The summed E-state index contributed by atoms with van der Waals surface area (Å²) in [6.07, 6.45) is 6.31. The molecular weight excluding hydrogens is 202 g/mol. The van der Waals surface area contributed by atoms with Crippen LogP contribution in [0, 0.1) is 11.8 Å². The van der Waals surface area contributed by atoms with E-state index >= 15 is 0 Å². The van der Waals surface area contributed by atoms with Crippen molar-refractivity contribution in [3.05, 3.63) is 12.4 Å². The monoisotopic (exact) mass is 223 g/mol. The van der Waals surface area contributed by atoms with Gasteiger partial charge in [0.15, 0.2) is 0 Å². The number of methoxy groups -OCH3 is 1. The highest BCUT2D eigenvalue weighted by molar-refractivity contribution is 5.25. The number of nitrogens with one attached hydrogen (secondary N) is 1. The smallest absolute Gasteiger partial charge is 0.202 e. The van der Waals surface area contributed by atoms with Crippen LogP contribution < -0.4 is 5.32 Å². The van der Waals surface area contributed by atoms with Crippen LogP contribution in [0.25, 0.3) is 0 Å². The molecule has 0 bridgehead atoms. The number of ether oxygens (including phenoxy) is 1. The van der Waals surface area contributed by atoms with Crippen LogP contribution in [0.5, 0.6) is 0 Å². The Morgan fingerprint density at radius 2 is 2.44 bits per heavy atom. The van der Waals surface area contributed by atoms with E-state index < -0.39 is 0 Å². The van der Waals surface area contributed by atoms with E-state index in [0.29, 0.717) is 0 Å². The van der Waals surface area contributed by atoms with Gasteiger partial charge in [-0.1, -0.05) is 6.92 Å². The molecule has 0 aromatic carbocycles. The number of anilines is 1. The molecule has 0 spiro atoms. The van der Waals surface area contributed by atoms with Crippen molar-refractivity contribution in [1.29, 1.82) is 0 Å². The van der Waals surface area contributed by atoms with Crippen LogP contribution in [-0.4, -0.2) is 29.8 Å². The van der Waals surface area contributed by atoms with Gasteiger partial charge in [-0.05, 0) is 24.7 Å². The zero-order chi connectivity index (χ0) is 11.4. The molecule has 1 saturated carbocycles. The molecule has 2 atom stereocenters. The van der Waals surface area contributed by atoms with E-state index in [4.69, 9.17) is 4.74 Å². The average molecular weight is 223 g/mol. The molecule has 0 radical (unpaired) electrons. The van der Waals surface area contributed by atoms with Crippen molar-refractivity contribution < 1.29 is 4.74 Å². The number of nitrogens with zero attached hydrogens (tertiary/aromatic N) is 2. The maximum atomic E-state index is 5.01. The fraction of sp³-hybridized carbons (Fsp3) is 0.750. The summed E-state index contributed by atoms with van der Waals surface area (Å²) in [5.41, 5.74) is 0. The normalized spacial score (nSPS) is 23.4. The zero-order valence-electron chi connectivity index (χ0n) is 10.1. The summed E-state index contributed by atoms with van der Waals surface area (Å²) in [5.74, 6) is 2.74. The first-order valence-corrected chi connectivity index (χ1v) is 6.05. The third-order valence-electron chi connectivity index (χ3n) is 3.23. The van der Waals surface area contributed by atoms with Crippen molar-refractivity contribution in [2.45, 2.75) is 26.3 Å². The van der Waals surface area contributed by atoms with E-state index in [1.807, 2.05) is 6.20 Å². The van der Waals surface area contributed by atoms with Crippen molar-refractivity contribution >= 4 is 5.95 Å². The Morgan fingerprint density at radius 3 is 3.12 bits per heavy atom. The maximum absolute atomic E-state index is 5.01. The quantitative estimate of drug-likeness (QED) is 0.718. The first-order valence-electron chi connectivity index (χ1n) is 6.05. The molecule has 1 aromatic rings. The Bertz CT molecular complexity index is 324. The molecule has 4 nitrogen and oxygen atoms in total. The Hall–Kier alpha value is -1.03. The summed E-state index contributed by atoms with van der Waals surface area (Å²) in [5, 5.41) is 3.35. The minimum atomic E-state index is 0.799. The van der Waals surface area contributed by atoms with Crippen LogP contribution in [0.15, 0.2) is 12.4 Å². The minimum Gasteiger partial charge on any atom is -0.385 e. The third kappa shape index (κ3) is 2.98. The van der Waals surface area contributed by atoms with Crippen molar-refractivity contribution in [3.8, 4) is 0 Å². The summed E-state index contributed by atoms with van der Waals surface area (Å²) in [4.78, 5) is 4.33. The van der Waals surface area contributed by atoms with Crippen LogP contribution in [0.2, 0.25) is 0 Å². The highest BCUT2D eigenvalue weighted by Gasteiger charge is 2.32. The molecule has 4 heteroatoms. The standard InChI is InChI=1S/C12H21N3O/c1-10-8-11(10)9-15-6-5-14-12(15)13-4-3-7-16-2/h5-6,10-11H,3-4,7-9H2,1-2H3,(H,13,14). The lowest BCUT2D eigenvalue weighted by Gasteiger charge is -2.09. The molecule has 1 N–H and O–H groups in total. The first-order chi connectivity index (χ1) is 7.81. The van der Waals surface area contributed by atoms with Gasteiger partial charge < -0.3 is 14.6 Å². The van der Waals surface area contributed by atoms with E-state index in [-0.39, 0.29) is 0 Å². The molecule has 0 saturated heterocycles. The van der Waals surface area contributed by atoms with Gasteiger partial charge >= 0.3 is 0 Å². The summed E-state index contributed by atoms with van der Waals surface area (Å²) < 4.78 is 7.24. The maximum Gasteiger partial charge on any atom is 0.202 e. The van der Waals surface area contributed by atoms with Gasteiger partial charge in [-0.15, -0.1) is 0 Å². The second-order valence-electron chi connectivity index (χ2n) is 4.65. The fourth-order valence-corrected chi connectivity index (χ4v) is 1.95. The number of imidazole rings is 1. The average Bonchev–Trinajstić information content (AvgIpc) is 2.77. The lowest BCUT2D eigenvalue weighted by Crippen LogP contribution is -2.11.